The molecule has 5 heteroatoms. The highest BCUT2D eigenvalue weighted by atomic mass is 16.5. The molecule has 1 aromatic heterocycles. The van der Waals surface area contributed by atoms with Crippen LogP contribution in [0.1, 0.15) is 5.56 Å². The van der Waals surface area contributed by atoms with Gasteiger partial charge in [-0.05, 0) is 35.4 Å². The zero-order valence-electron chi connectivity index (χ0n) is 13.1. The number of fused-ring (bicyclic) bond motifs is 1. The second kappa shape index (κ2) is 6.26. The molecule has 0 atom stereocenters. The number of morpholine rings is 1. The van der Waals surface area contributed by atoms with Crippen LogP contribution in [0.25, 0.3) is 22.2 Å². The Bertz CT molecular complexity index is 909. The van der Waals surface area contributed by atoms with Crippen LogP contribution in [0.15, 0.2) is 48.7 Å². The average molecular weight is 316 g/mol. The number of rotatable bonds is 2. The lowest BCUT2D eigenvalue weighted by molar-refractivity contribution is 0.122. The normalized spacial score (nSPS) is 14.5. The van der Waals surface area contributed by atoms with E-state index in [2.05, 4.69) is 16.0 Å². The van der Waals surface area contributed by atoms with E-state index >= 15 is 0 Å². The van der Waals surface area contributed by atoms with E-state index in [1.807, 2.05) is 48.7 Å². The van der Waals surface area contributed by atoms with Gasteiger partial charge in [-0.2, -0.15) is 5.26 Å². The van der Waals surface area contributed by atoms with Gasteiger partial charge in [0.1, 0.15) is 5.82 Å². The standard InChI is InChI=1S/C19H16N4O/c20-12-14-1-3-15(4-2-14)16-5-6-17-18(11-16)22-19(13-21-17)23-7-9-24-10-8-23/h1-6,11,13H,7-10H2. The Balaban J connectivity index is 1.71. The number of nitrogens with zero attached hydrogens (tertiary/aromatic N) is 4. The molecule has 0 N–H and O–H groups in total. The predicted molar refractivity (Wildman–Crippen MR) is 92.7 cm³/mol. The quantitative estimate of drug-likeness (QED) is 0.727. The molecule has 0 aliphatic carbocycles. The van der Waals surface area contributed by atoms with Gasteiger partial charge in [-0.15, -0.1) is 0 Å². The summed E-state index contributed by atoms with van der Waals surface area (Å²) in [6.07, 6.45) is 1.83. The molecule has 1 saturated heterocycles. The third-order valence-corrected chi connectivity index (χ3v) is 4.21. The lowest BCUT2D eigenvalue weighted by atomic mass is 10.0. The summed E-state index contributed by atoms with van der Waals surface area (Å²) in [5.74, 6) is 0.891. The molecule has 0 radical (unpaired) electrons. The molecular formula is C19H16N4O. The van der Waals surface area contributed by atoms with E-state index in [1.165, 1.54) is 0 Å². The Hall–Kier alpha value is -2.97. The first-order valence-corrected chi connectivity index (χ1v) is 7.93. The smallest absolute Gasteiger partial charge is 0.148 e. The highest BCUT2D eigenvalue weighted by Gasteiger charge is 2.13. The van der Waals surface area contributed by atoms with Crippen LogP contribution >= 0.6 is 0 Å². The Morgan fingerprint density at radius 3 is 2.46 bits per heavy atom. The van der Waals surface area contributed by atoms with Gasteiger partial charge in [0.05, 0.1) is 42.1 Å². The summed E-state index contributed by atoms with van der Waals surface area (Å²) < 4.78 is 5.39. The molecule has 4 rings (SSSR count). The van der Waals surface area contributed by atoms with Gasteiger partial charge in [-0.25, -0.2) is 4.98 Å². The Morgan fingerprint density at radius 1 is 0.958 bits per heavy atom. The third-order valence-electron chi connectivity index (χ3n) is 4.21. The summed E-state index contributed by atoms with van der Waals surface area (Å²) in [4.78, 5) is 11.5. The summed E-state index contributed by atoms with van der Waals surface area (Å²) in [7, 11) is 0. The van der Waals surface area contributed by atoms with Crippen molar-refractivity contribution in [1.82, 2.24) is 9.97 Å². The van der Waals surface area contributed by atoms with Crippen molar-refractivity contribution in [3.05, 3.63) is 54.2 Å². The van der Waals surface area contributed by atoms with E-state index in [4.69, 9.17) is 15.0 Å². The van der Waals surface area contributed by atoms with Crippen LogP contribution < -0.4 is 4.90 Å². The van der Waals surface area contributed by atoms with Crippen molar-refractivity contribution in [1.29, 1.82) is 5.26 Å². The van der Waals surface area contributed by atoms with Gasteiger partial charge in [0.2, 0.25) is 0 Å². The molecule has 0 saturated carbocycles. The number of hydrogen-bond acceptors (Lipinski definition) is 5. The highest BCUT2D eigenvalue weighted by molar-refractivity contribution is 5.82. The van der Waals surface area contributed by atoms with Gasteiger partial charge >= 0.3 is 0 Å². The second-order valence-electron chi connectivity index (χ2n) is 5.72. The van der Waals surface area contributed by atoms with E-state index < -0.39 is 0 Å². The summed E-state index contributed by atoms with van der Waals surface area (Å²) in [6.45, 7) is 3.14. The van der Waals surface area contributed by atoms with Crippen molar-refractivity contribution in [2.45, 2.75) is 0 Å². The molecular weight excluding hydrogens is 300 g/mol. The average Bonchev–Trinajstić information content (AvgIpc) is 2.68. The highest BCUT2D eigenvalue weighted by Crippen LogP contribution is 2.24. The molecule has 0 bridgehead atoms. The first-order valence-electron chi connectivity index (χ1n) is 7.93. The van der Waals surface area contributed by atoms with Crippen LogP contribution in [0.5, 0.6) is 0 Å². The van der Waals surface area contributed by atoms with E-state index in [0.717, 1.165) is 54.3 Å². The topological polar surface area (TPSA) is 62.0 Å². The molecule has 118 valence electrons. The van der Waals surface area contributed by atoms with E-state index in [-0.39, 0.29) is 0 Å². The van der Waals surface area contributed by atoms with Crippen molar-refractivity contribution in [2.24, 2.45) is 0 Å². The predicted octanol–water partition coefficient (Wildman–Crippen LogP) is 3.01. The first-order chi connectivity index (χ1) is 11.8. The number of benzene rings is 2. The van der Waals surface area contributed by atoms with Crippen LogP contribution in [0.2, 0.25) is 0 Å². The zero-order chi connectivity index (χ0) is 16.4. The van der Waals surface area contributed by atoms with Crippen LogP contribution in [0, 0.1) is 11.3 Å². The van der Waals surface area contributed by atoms with Crippen molar-refractivity contribution >= 4 is 16.9 Å². The molecule has 0 spiro atoms. The number of hydrogen-bond donors (Lipinski definition) is 0. The zero-order valence-corrected chi connectivity index (χ0v) is 13.1. The molecule has 1 fully saturated rings. The van der Waals surface area contributed by atoms with Gasteiger partial charge in [0.25, 0.3) is 0 Å². The lowest BCUT2D eigenvalue weighted by Gasteiger charge is -2.27. The number of ether oxygens (including phenoxy) is 1. The Labute approximate surface area is 140 Å². The maximum Gasteiger partial charge on any atom is 0.148 e. The van der Waals surface area contributed by atoms with Gasteiger partial charge in [-0.3, -0.25) is 4.98 Å². The Morgan fingerprint density at radius 2 is 1.71 bits per heavy atom. The third kappa shape index (κ3) is 2.80. The second-order valence-corrected chi connectivity index (χ2v) is 5.72. The maximum atomic E-state index is 8.91. The largest absolute Gasteiger partial charge is 0.378 e. The summed E-state index contributed by atoms with van der Waals surface area (Å²) >= 11 is 0. The monoisotopic (exact) mass is 316 g/mol. The van der Waals surface area contributed by atoms with Crippen molar-refractivity contribution in [3.8, 4) is 17.2 Å². The Kier molecular flexibility index (Phi) is 3.81. The molecule has 1 aliphatic heterocycles. The number of anilines is 1. The summed E-state index contributed by atoms with van der Waals surface area (Å²) in [5, 5.41) is 8.91. The van der Waals surface area contributed by atoms with Crippen LogP contribution in [0.3, 0.4) is 0 Å². The van der Waals surface area contributed by atoms with Gasteiger partial charge in [0.15, 0.2) is 0 Å². The molecule has 1 aliphatic rings. The maximum absolute atomic E-state index is 8.91. The summed E-state index contributed by atoms with van der Waals surface area (Å²) in [6, 6.07) is 15.8. The van der Waals surface area contributed by atoms with E-state index in [0.29, 0.717) is 5.56 Å². The summed E-state index contributed by atoms with van der Waals surface area (Å²) in [5.41, 5.74) is 4.55. The molecule has 5 nitrogen and oxygen atoms in total. The van der Waals surface area contributed by atoms with Gasteiger partial charge < -0.3 is 9.64 Å². The van der Waals surface area contributed by atoms with Crippen LogP contribution in [-0.2, 0) is 4.74 Å². The van der Waals surface area contributed by atoms with Crippen LogP contribution in [-0.4, -0.2) is 36.3 Å². The van der Waals surface area contributed by atoms with Gasteiger partial charge in [-0.1, -0.05) is 18.2 Å². The fourth-order valence-corrected chi connectivity index (χ4v) is 2.86. The van der Waals surface area contributed by atoms with Crippen molar-refractivity contribution < 1.29 is 4.74 Å². The van der Waals surface area contributed by atoms with Crippen molar-refractivity contribution in [2.75, 3.05) is 31.2 Å². The molecule has 3 aromatic rings. The van der Waals surface area contributed by atoms with E-state index in [1.54, 1.807) is 0 Å². The lowest BCUT2D eigenvalue weighted by Crippen LogP contribution is -2.36. The van der Waals surface area contributed by atoms with Crippen molar-refractivity contribution in [3.63, 3.8) is 0 Å². The molecule has 0 amide bonds. The number of nitriles is 1. The molecule has 0 unspecified atom stereocenters. The fourth-order valence-electron chi connectivity index (χ4n) is 2.86. The van der Waals surface area contributed by atoms with E-state index in [9.17, 15) is 0 Å². The number of aromatic nitrogens is 2. The van der Waals surface area contributed by atoms with Crippen LogP contribution in [0.4, 0.5) is 5.82 Å². The first kappa shape index (κ1) is 14.6. The molecule has 24 heavy (non-hydrogen) atoms. The SMILES string of the molecule is N#Cc1ccc(-c2ccc3ncc(N4CCOCC4)nc3c2)cc1. The minimum absolute atomic E-state index is 0.661. The molecule has 2 aromatic carbocycles. The fraction of sp³-hybridized carbons (Fsp3) is 0.211. The minimum atomic E-state index is 0.661. The minimum Gasteiger partial charge on any atom is -0.378 e. The molecule has 2 heterocycles. The van der Waals surface area contributed by atoms with Gasteiger partial charge in [0, 0.05) is 13.1 Å².